The van der Waals surface area contributed by atoms with E-state index in [0.717, 1.165) is 0 Å². The van der Waals surface area contributed by atoms with Gasteiger partial charge in [-0.15, -0.1) is 0 Å². The molecule has 0 bridgehead atoms. The number of benzene rings is 1. The van der Waals surface area contributed by atoms with Crippen molar-refractivity contribution < 1.29 is 29.3 Å². The van der Waals surface area contributed by atoms with Gasteiger partial charge in [-0.3, -0.25) is 10.1 Å². The lowest BCUT2D eigenvalue weighted by molar-refractivity contribution is -0.139. The molecule has 7 nitrogen and oxygen atoms in total. The summed E-state index contributed by atoms with van der Waals surface area (Å²) in [4.78, 5) is 22.4. The minimum atomic E-state index is -1.15. The second kappa shape index (κ2) is 7.13. The molecular weight excluding hydrogens is 290 g/mol. The maximum absolute atomic E-state index is 11.7. The number of carboxylic acids is 1. The van der Waals surface area contributed by atoms with Crippen molar-refractivity contribution >= 4 is 17.7 Å². The van der Waals surface area contributed by atoms with Gasteiger partial charge < -0.3 is 19.7 Å². The topological polar surface area (TPSA) is 105 Å². The van der Waals surface area contributed by atoms with Gasteiger partial charge in [0.1, 0.15) is 11.4 Å². The molecule has 0 aliphatic heterocycles. The molecule has 0 radical (unpaired) electrons. The lowest BCUT2D eigenvalue weighted by atomic mass is 10.1. The van der Waals surface area contributed by atoms with Crippen LogP contribution in [-0.2, 0) is 9.53 Å². The van der Waals surface area contributed by atoms with Crippen LogP contribution in [0.5, 0.6) is 5.75 Å². The van der Waals surface area contributed by atoms with E-state index in [2.05, 4.69) is 5.32 Å². The van der Waals surface area contributed by atoms with Crippen LogP contribution >= 0.6 is 0 Å². The van der Waals surface area contributed by atoms with Crippen LogP contribution in [0.4, 0.5) is 10.5 Å². The fraction of sp³-hybridized carbons (Fsp3) is 0.467. The summed E-state index contributed by atoms with van der Waals surface area (Å²) in [6.07, 6.45) is -2.20. The Kier molecular flexibility index (Phi) is 5.76. The van der Waals surface area contributed by atoms with Crippen molar-refractivity contribution in [1.29, 1.82) is 0 Å². The van der Waals surface area contributed by atoms with E-state index in [1.807, 2.05) is 0 Å². The van der Waals surface area contributed by atoms with Crippen molar-refractivity contribution in [2.24, 2.45) is 0 Å². The maximum atomic E-state index is 11.7. The van der Waals surface area contributed by atoms with Crippen molar-refractivity contribution in [2.45, 2.75) is 38.9 Å². The first-order valence-electron chi connectivity index (χ1n) is 6.70. The quantitative estimate of drug-likeness (QED) is 0.772. The summed E-state index contributed by atoms with van der Waals surface area (Å²) in [7, 11) is 1.41. The molecular formula is C15H21NO6. The number of aliphatic hydroxyl groups excluding tert-OH is 1. The minimum absolute atomic E-state index is 0.299. The Morgan fingerprint density at radius 1 is 1.32 bits per heavy atom. The molecule has 1 atom stereocenters. The van der Waals surface area contributed by atoms with Crippen LogP contribution in [0, 0.1) is 0 Å². The molecule has 3 N–H and O–H groups in total. The molecule has 0 heterocycles. The Morgan fingerprint density at radius 3 is 2.45 bits per heavy atom. The van der Waals surface area contributed by atoms with Crippen molar-refractivity contribution in [3.63, 3.8) is 0 Å². The molecule has 0 aliphatic carbocycles. The molecule has 0 fully saturated rings. The van der Waals surface area contributed by atoms with Gasteiger partial charge in [-0.05, 0) is 38.5 Å². The summed E-state index contributed by atoms with van der Waals surface area (Å²) < 4.78 is 10.3. The number of nitrogens with one attached hydrogen (secondary N) is 1. The van der Waals surface area contributed by atoms with Crippen LogP contribution in [0.1, 0.15) is 38.9 Å². The third-order valence-corrected chi connectivity index (χ3v) is 2.61. The number of carbonyl (C=O) groups is 2. The number of anilines is 1. The van der Waals surface area contributed by atoms with E-state index in [1.165, 1.54) is 25.3 Å². The van der Waals surface area contributed by atoms with Gasteiger partial charge in [-0.2, -0.15) is 0 Å². The normalized spacial score (nSPS) is 12.4. The second-order valence-corrected chi connectivity index (χ2v) is 5.70. The highest BCUT2D eigenvalue weighted by Crippen LogP contribution is 2.29. The van der Waals surface area contributed by atoms with E-state index >= 15 is 0 Å². The van der Waals surface area contributed by atoms with E-state index in [4.69, 9.17) is 14.6 Å². The zero-order valence-corrected chi connectivity index (χ0v) is 13.0. The van der Waals surface area contributed by atoms with Crippen molar-refractivity contribution in [1.82, 2.24) is 0 Å². The van der Waals surface area contributed by atoms with Gasteiger partial charge >= 0.3 is 12.1 Å². The Balaban J connectivity index is 2.89. The average Bonchev–Trinajstić information content (AvgIpc) is 2.35. The van der Waals surface area contributed by atoms with Crippen LogP contribution in [0.3, 0.4) is 0 Å². The Labute approximate surface area is 128 Å². The number of carbonyl (C=O) groups excluding carboxylic acids is 1. The molecule has 0 aromatic heterocycles. The van der Waals surface area contributed by atoms with Crippen LogP contribution in [0.25, 0.3) is 0 Å². The predicted octanol–water partition coefficient (Wildman–Crippen LogP) is 2.55. The van der Waals surface area contributed by atoms with E-state index in [-0.39, 0.29) is 0 Å². The number of aliphatic carboxylic acids is 1. The van der Waals surface area contributed by atoms with E-state index in [1.54, 1.807) is 20.8 Å². The van der Waals surface area contributed by atoms with E-state index < -0.39 is 30.2 Å². The highest BCUT2D eigenvalue weighted by molar-refractivity contribution is 5.87. The summed E-state index contributed by atoms with van der Waals surface area (Å²) in [5.41, 5.74) is 0.117. The molecule has 1 rings (SSSR count). The Bertz CT molecular complexity index is 549. The number of ether oxygens (including phenoxy) is 2. The van der Waals surface area contributed by atoms with Gasteiger partial charge in [0.15, 0.2) is 0 Å². The van der Waals surface area contributed by atoms with Gasteiger partial charge in [0.25, 0.3) is 0 Å². The molecule has 0 aliphatic rings. The number of carboxylic acid groups (broad SMARTS) is 1. The molecule has 7 heteroatoms. The molecule has 0 saturated heterocycles. The van der Waals surface area contributed by atoms with Gasteiger partial charge in [0.05, 0.1) is 25.3 Å². The Morgan fingerprint density at radius 2 is 1.95 bits per heavy atom. The molecule has 22 heavy (non-hydrogen) atoms. The standard InChI is InChI=1S/C15H21NO6/c1-15(2,3)22-14(20)16-10-6-5-9(7-12(10)21-4)11(17)8-13(18)19/h5-7,11,17H,8H2,1-4H3,(H,16,20)(H,18,19). The first kappa shape index (κ1) is 17.8. The second-order valence-electron chi connectivity index (χ2n) is 5.70. The smallest absolute Gasteiger partial charge is 0.412 e. The van der Waals surface area contributed by atoms with Gasteiger partial charge in [-0.25, -0.2) is 4.79 Å². The van der Waals surface area contributed by atoms with Gasteiger partial charge in [-0.1, -0.05) is 6.07 Å². The van der Waals surface area contributed by atoms with Crippen molar-refractivity contribution in [3.05, 3.63) is 23.8 Å². The summed E-state index contributed by atoms with van der Waals surface area (Å²) in [6.45, 7) is 5.24. The molecule has 0 spiro atoms. The maximum Gasteiger partial charge on any atom is 0.412 e. The summed E-state index contributed by atoms with van der Waals surface area (Å²) >= 11 is 0. The highest BCUT2D eigenvalue weighted by atomic mass is 16.6. The fourth-order valence-corrected chi connectivity index (χ4v) is 1.72. The molecule has 1 amide bonds. The zero-order valence-electron chi connectivity index (χ0n) is 13.0. The third-order valence-electron chi connectivity index (χ3n) is 2.61. The number of methoxy groups -OCH3 is 1. The first-order valence-corrected chi connectivity index (χ1v) is 6.70. The molecule has 122 valence electrons. The SMILES string of the molecule is COc1cc(C(O)CC(=O)O)ccc1NC(=O)OC(C)(C)C. The third kappa shape index (κ3) is 5.61. The number of rotatable bonds is 5. The minimum Gasteiger partial charge on any atom is -0.495 e. The largest absolute Gasteiger partial charge is 0.495 e. The summed E-state index contributed by atoms with van der Waals surface area (Å²) in [6, 6.07) is 4.51. The Hall–Kier alpha value is -2.28. The highest BCUT2D eigenvalue weighted by Gasteiger charge is 2.19. The summed E-state index contributed by atoms with van der Waals surface area (Å²) in [5.74, 6) is -0.810. The van der Waals surface area contributed by atoms with Gasteiger partial charge in [0, 0.05) is 0 Å². The monoisotopic (exact) mass is 311 g/mol. The first-order chi connectivity index (χ1) is 10.1. The number of aliphatic hydroxyl groups is 1. The fourth-order valence-electron chi connectivity index (χ4n) is 1.72. The van der Waals surface area contributed by atoms with Crippen LogP contribution in [-0.4, -0.2) is 35.0 Å². The molecule has 1 aromatic rings. The number of hydrogen-bond donors (Lipinski definition) is 3. The average molecular weight is 311 g/mol. The van der Waals surface area contributed by atoms with Crippen LogP contribution in [0.2, 0.25) is 0 Å². The lowest BCUT2D eigenvalue weighted by Gasteiger charge is -2.20. The van der Waals surface area contributed by atoms with Crippen LogP contribution < -0.4 is 10.1 Å². The number of hydrogen-bond acceptors (Lipinski definition) is 5. The van der Waals surface area contributed by atoms with E-state index in [0.29, 0.717) is 17.0 Å². The van der Waals surface area contributed by atoms with E-state index in [9.17, 15) is 14.7 Å². The molecule has 1 unspecified atom stereocenters. The molecule has 1 aromatic carbocycles. The zero-order chi connectivity index (χ0) is 16.9. The van der Waals surface area contributed by atoms with Crippen LogP contribution in [0.15, 0.2) is 18.2 Å². The predicted molar refractivity (Wildman–Crippen MR) is 80.1 cm³/mol. The van der Waals surface area contributed by atoms with Crippen molar-refractivity contribution in [3.8, 4) is 5.75 Å². The van der Waals surface area contributed by atoms with Gasteiger partial charge in [0.2, 0.25) is 0 Å². The summed E-state index contributed by atoms with van der Waals surface area (Å²) in [5, 5.41) is 21.0. The molecule has 0 saturated carbocycles. The number of amides is 1. The van der Waals surface area contributed by atoms with Crippen molar-refractivity contribution in [2.75, 3.05) is 12.4 Å². The lowest BCUT2D eigenvalue weighted by Crippen LogP contribution is -2.27.